The summed E-state index contributed by atoms with van der Waals surface area (Å²) in [6, 6.07) is 9.38. The summed E-state index contributed by atoms with van der Waals surface area (Å²) < 4.78 is 49.4. The molecule has 0 radical (unpaired) electrons. The van der Waals surface area contributed by atoms with Gasteiger partial charge in [-0.3, -0.25) is 14.4 Å². The van der Waals surface area contributed by atoms with Gasteiger partial charge in [0.05, 0.1) is 29.2 Å². The third-order valence-electron chi connectivity index (χ3n) is 5.95. The van der Waals surface area contributed by atoms with Crippen LogP contribution in [0, 0.1) is 5.92 Å². The summed E-state index contributed by atoms with van der Waals surface area (Å²) in [5.41, 5.74) is -0.635. The Morgan fingerprint density at radius 2 is 1.49 bits per heavy atom. The first-order valence-corrected chi connectivity index (χ1v) is 12.3. The molecule has 2 amide bonds. The Bertz CT molecular complexity index is 1100. The molecule has 2 aromatic rings. The van der Waals surface area contributed by atoms with E-state index in [9.17, 15) is 27.6 Å². The van der Waals surface area contributed by atoms with Crippen molar-refractivity contribution in [3.05, 3.63) is 64.2 Å². The molecule has 1 fully saturated rings. The van der Waals surface area contributed by atoms with Crippen molar-refractivity contribution in [2.24, 2.45) is 5.92 Å². The van der Waals surface area contributed by atoms with Gasteiger partial charge in [-0.25, -0.2) is 0 Å². The van der Waals surface area contributed by atoms with Crippen LogP contribution in [-0.4, -0.2) is 43.6 Å². The van der Waals surface area contributed by atoms with Gasteiger partial charge in [0.2, 0.25) is 0 Å². The first kappa shape index (κ1) is 28.3. The molecule has 200 valence electrons. The summed E-state index contributed by atoms with van der Waals surface area (Å²) in [5.74, 6) is -0.571. The maximum absolute atomic E-state index is 12.8. The van der Waals surface area contributed by atoms with Gasteiger partial charge < -0.3 is 20.1 Å². The molecule has 1 aliphatic rings. The molecule has 1 aliphatic carbocycles. The predicted molar refractivity (Wildman–Crippen MR) is 131 cm³/mol. The number of ether oxygens (including phenoxy) is 2. The minimum absolute atomic E-state index is 0.00601. The van der Waals surface area contributed by atoms with E-state index in [0.717, 1.165) is 31.0 Å². The molecule has 0 atom stereocenters. The lowest BCUT2D eigenvalue weighted by molar-refractivity contribution is -0.149. The lowest BCUT2D eigenvalue weighted by Gasteiger charge is -2.27. The molecule has 11 heteroatoms. The topological polar surface area (TPSA) is 93.7 Å². The van der Waals surface area contributed by atoms with Crippen molar-refractivity contribution in [2.75, 3.05) is 19.7 Å². The normalized spacial score (nSPS) is 17.5. The molecular weight excluding hydrogens is 513 g/mol. The fourth-order valence-corrected chi connectivity index (χ4v) is 4.28. The van der Waals surface area contributed by atoms with Crippen molar-refractivity contribution in [2.45, 2.75) is 44.9 Å². The van der Waals surface area contributed by atoms with E-state index in [1.54, 1.807) is 31.2 Å². The van der Waals surface area contributed by atoms with Crippen LogP contribution < -0.4 is 15.4 Å². The average molecular weight is 541 g/mol. The number of nitrogens with one attached hydrogen (secondary N) is 2. The second-order valence-electron chi connectivity index (χ2n) is 8.57. The molecule has 0 bridgehead atoms. The largest absolute Gasteiger partial charge is 0.490 e. The lowest BCUT2D eigenvalue weighted by atomic mass is 9.87. The number of alkyl halides is 3. The maximum Gasteiger partial charge on any atom is 0.417 e. The Morgan fingerprint density at radius 3 is 2.03 bits per heavy atom. The quantitative estimate of drug-likeness (QED) is 0.344. The van der Waals surface area contributed by atoms with Gasteiger partial charge in [0.25, 0.3) is 11.8 Å². The van der Waals surface area contributed by atoms with Crippen LogP contribution >= 0.6 is 11.6 Å². The Hall–Kier alpha value is -3.27. The van der Waals surface area contributed by atoms with Gasteiger partial charge in [-0.1, -0.05) is 11.6 Å². The standard InChI is InChI=1S/C26H28ClF3N2O5/c1-2-36-25(35)17-5-10-20(11-6-17)37-19-8-3-16(4-9-19)23(33)31-13-14-32-24(34)18-7-12-21(22(27)15-18)26(28,29)30/h3-4,7-9,12,15,17,20H,2,5-6,10-11,13-14H2,1H3,(H,31,33)(H,32,34)/t17-,20+. The summed E-state index contributed by atoms with van der Waals surface area (Å²) >= 11 is 5.64. The fourth-order valence-electron chi connectivity index (χ4n) is 4.00. The first-order valence-electron chi connectivity index (χ1n) is 11.9. The Kier molecular flexibility index (Phi) is 9.79. The highest BCUT2D eigenvalue weighted by atomic mass is 35.5. The molecule has 7 nitrogen and oxygen atoms in total. The first-order chi connectivity index (χ1) is 17.6. The monoisotopic (exact) mass is 540 g/mol. The molecular formula is C26H28ClF3N2O5. The number of amides is 2. The smallest absolute Gasteiger partial charge is 0.417 e. The SMILES string of the molecule is CCOC(=O)[C@H]1CC[C@@H](Oc2ccc(C(=O)NCCNC(=O)c3ccc(C(F)(F)F)c(Cl)c3)cc2)CC1. The van der Waals surface area contributed by atoms with Crippen LogP contribution in [0.25, 0.3) is 0 Å². The molecule has 37 heavy (non-hydrogen) atoms. The Balaban J connectivity index is 1.39. The average Bonchev–Trinajstić information content (AvgIpc) is 2.86. The summed E-state index contributed by atoms with van der Waals surface area (Å²) in [4.78, 5) is 36.4. The van der Waals surface area contributed by atoms with Gasteiger partial charge in [-0.2, -0.15) is 13.2 Å². The zero-order chi connectivity index (χ0) is 27.0. The third-order valence-corrected chi connectivity index (χ3v) is 6.26. The van der Waals surface area contributed by atoms with Gasteiger partial charge in [0, 0.05) is 24.2 Å². The number of carbonyl (C=O) groups is 3. The van der Waals surface area contributed by atoms with Crippen molar-refractivity contribution in [1.82, 2.24) is 10.6 Å². The molecule has 0 unspecified atom stereocenters. The molecule has 0 spiro atoms. The second kappa shape index (κ2) is 12.8. The highest BCUT2D eigenvalue weighted by Gasteiger charge is 2.33. The molecule has 0 saturated heterocycles. The number of carbonyl (C=O) groups excluding carboxylic acids is 3. The lowest BCUT2D eigenvalue weighted by Crippen LogP contribution is -2.34. The minimum Gasteiger partial charge on any atom is -0.490 e. The predicted octanol–water partition coefficient (Wildman–Crippen LogP) is 5.02. The molecule has 1 saturated carbocycles. The molecule has 2 N–H and O–H groups in total. The molecule has 0 heterocycles. The number of hydrogen-bond donors (Lipinski definition) is 2. The number of esters is 1. The second-order valence-corrected chi connectivity index (χ2v) is 8.98. The maximum atomic E-state index is 12.8. The molecule has 0 aromatic heterocycles. The minimum atomic E-state index is -4.61. The highest BCUT2D eigenvalue weighted by molar-refractivity contribution is 6.31. The summed E-state index contributed by atoms with van der Waals surface area (Å²) in [5, 5.41) is 4.62. The van der Waals surface area contributed by atoms with Gasteiger partial charge in [0.15, 0.2) is 0 Å². The Morgan fingerprint density at radius 1 is 0.919 bits per heavy atom. The van der Waals surface area contributed by atoms with Gasteiger partial charge >= 0.3 is 12.1 Å². The van der Waals surface area contributed by atoms with E-state index < -0.39 is 22.7 Å². The van der Waals surface area contributed by atoms with Crippen LogP contribution in [0.1, 0.15) is 58.9 Å². The van der Waals surface area contributed by atoms with E-state index in [2.05, 4.69) is 10.6 Å². The number of hydrogen-bond acceptors (Lipinski definition) is 5. The van der Waals surface area contributed by atoms with Crippen molar-refractivity contribution in [1.29, 1.82) is 0 Å². The van der Waals surface area contributed by atoms with Crippen LogP contribution in [0.5, 0.6) is 5.75 Å². The van der Waals surface area contributed by atoms with Crippen molar-refractivity contribution < 1.29 is 37.0 Å². The van der Waals surface area contributed by atoms with Crippen LogP contribution in [-0.2, 0) is 15.7 Å². The van der Waals surface area contributed by atoms with Gasteiger partial charge in [-0.05, 0) is 75.1 Å². The summed E-state index contributed by atoms with van der Waals surface area (Å²) in [7, 11) is 0. The molecule has 2 aromatic carbocycles. The van der Waals surface area contributed by atoms with Crippen molar-refractivity contribution in [3.8, 4) is 5.75 Å². The van der Waals surface area contributed by atoms with E-state index in [4.69, 9.17) is 21.1 Å². The Labute approximate surface area is 217 Å². The van der Waals surface area contributed by atoms with Crippen LogP contribution in [0.2, 0.25) is 5.02 Å². The number of halogens is 4. The third kappa shape index (κ3) is 8.11. The number of rotatable bonds is 9. The molecule has 0 aliphatic heterocycles. The zero-order valence-corrected chi connectivity index (χ0v) is 21.0. The van der Waals surface area contributed by atoms with Gasteiger partial charge in [-0.15, -0.1) is 0 Å². The van der Waals surface area contributed by atoms with Crippen molar-refractivity contribution >= 4 is 29.4 Å². The highest BCUT2D eigenvalue weighted by Crippen LogP contribution is 2.35. The fraction of sp³-hybridized carbons (Fsp3) is 0.423. The summed E-state index contributed by atoms with van der Waals surface area (Å²) in [6.07, 6.45) is -1.69. The van der Waals surface area contributed by atoms with E-state index in [1.165, 1.54) is 0 Å². The van der Waals surface area contributed by atoms with E-state index in [-0.39, 0.29) is 42.6 Å². The van der Waals surface area contributed by atoms with E-state index in [1.807, 2.05) is 0 Å². The van der Waals surface area contributed by atoms with Crippen LogP contribution in [0.3, 0.4) is 0 Å². The van der Waals surface area contributed by atoms with Crippen LogP contribution in [0.15, 0.2) is 42.5 Å². The summed E-state index contributed by atoms with van der Waals surface area (Å²) in [6.45, 7) is 2.35. The van der Waals surface area contributed by atoms with E-state index >= 15 is 0 Å². The van der Waals surface area contributed by atoms with E-state index in [0.29, 0.717) is 30.8 Å². The number of benzene rings is 2. The van der Waals surface area contributed by atoms with Crippen LogP contribution in [0.4, 0.5) is 13.2 Å². The van der Waals surface area contributed by atoms with Crippen molar-refractivity contribution in [3.63, 3.8) is 0 Å². The van der Waals surface area contributed by atoms with Gasteiger partial charge in [0.1, 0.15) is 5.75 Å². The zero-order valence-electron chi connectivity index (χ0n) is 20.2. The molecule has 3 rings (SSSR count).